The summed E-state index contributed by atoms with van der Waals surface area (Å²) in [6, 6.07) is 0. The normalized spacial score (nSPS) is 18.8. The van der Waals surface area contributed by atoms with Crippen LogP contribution in [0.3, 0.4) is 0 Å². The zero-order chi connectivity index (χ0) is 31.8. The third-order valence-electron chi connectivity index (χ3n) is 9.72. The van der Waals surface area contributed by atoms with E-state index in [0.717, 1.165) is 13.0 Å². The Morgan fingerprint density at radius 3 is 1.07 bits per heavy atom. The lowest BCUT2D eigenvalue weighted by atomic mass is 9.99. The monoisotopic (exact) mass is 620 g/mol. The summed E-state index contributed by atoms with van der Waals surface area (Å²) in [5.41, 5.74) is 0. The van der Waals surface area contributed by atoms with Gasteiger partial charge >= 0.3 is 0 Å². The van der Waals surface area contributed by atoms with Crippen molar-refractivity contribution in [3.05, 3.63) is 12.2 Å². The maximum absolute atomic E-state index is 6.46. The summed E-state index contributed by atoms with van der Waals surface area (Å²) in [4.78, 5) is 2.24. The molecule has 3 atom stereocenters. The van der Waals surface area contributed by atoms with Gasteiger partial charge in [-0.3, -0.25) is 0 Å². The Morgan fingerprint density at radius 2 is 0.727 bits per heavy atom. The van der Waals surface area contributed by atoms with Crippen LogP contribution in [0, 0.1) is 0 Å². The van der Waals surface area contributed by atoms with Gasteiger partial charge in [-0.05, 0) is 52.6 Å². The topological polar surface area (TPSA) is 21.7 Å². The minimum atomic E-state index is 0.00636. The van der Waals surface area contributed by atoms with Gasteiger partial charge < -0.3 is 14.4 Å². The summed E-state index contributed by atoms with van der Waals surface area (Å²) in [6.45, 7) is 5.64. The average molecular weight is 620 g/mol. The Balaban J connectivity index is 2.06. The number of hydrogen-bond acceptors (Lipinski definition) is 3. The number of allylic oxidation sites excluding steroid dienone is 2. The molecule has 262 valence electrons. The van der Waals surface area contributed by atoms with Crippen LogP contribution in [0.2, 0.25) is 0 Å². The van der Waals surface area contributed by atoms with Crippen molar-refractivity contribution in [1.29, 1.82) is 0 Å². The van der Waals surface area contributed by atoms with E-state index in [9.17, 15) is 0 Å². The first-order valence-corrected chi connectivity index (χ1v) is 20.3. The molecule has 44 heavy (non-hydrogen) atoms. The van der Waals surface area contributed by atoms with Crippen molar-refractivity contribution in [2.75, 3.05) is 20.6 Å². The number of unbranched alkanes of at least 4 members (excludes halogenated alkanes) is 25. The summed E-state index contributed by atoms with van der Waals surface area (Å²) < 4.78 is 12.9. The Labute approximate surface area is 278 Å². The summed E-state index contributed by atoms with van der Waals surface area (Å²) in [7, 11) is 4.29. The molecule has 3 heteroatoms. The molecule has 0 radical (unpaired) electrons. The smallest absolute Gasteiger partial charge is 0.159 e. The van der Waals surface area contributed by atoms with Gasteiger partial charge in [-0.2, -0.15) is 0 Å². The van der Waals surface area contributed by atoms with E-state index in [2.05, 4.69) is 45.0 Å². The molecule has 3 unspecified atom stereocenters. The molecule has 1 heterocycles. The van der Waals surface area contributed by atoms with Gasteiger partial charge in [-0.1, -0.05) is 180 Å². The van der Waals surface area contributed by atoms with Crippen LogP contribution in [-0.4, -0.2) is 44.0 Å². The molecule has 0 amide bonds. The summed E-state index contributed by atoms with van der Waals surface area (Å²) in [6.07, 6.45) is 47.9. The molecule has 1 fully saturated rings. The number of rotatable bonds is 34. The summed E-state index contributed by atoms with van der Waals surface area (Å²) >= 11 is 0. The first-order valence-electron chi connectivity index (χ1n) is 20.3. The van der Waals surface area contributed by atoms with E-state index in [0.29, 0.717) is 12.2 Å². The van der Waals surface area contributed by atoms with E-state index in [4.69, 9.17) is 9.47 Å². The zero-order valence-electron chi connectivity index (χ0n) is 30.8. The molecule has 3 nitrogen and oxygen atoms in total. The van der Waals surface area contributed by atoms with Gasteiger partial charge in [0.05, 0.1) is 12.2 Å². The molecule has 0 aliphatic carbocycles. The van der Waals surface area contributed by atoms with Crippen molar-refractivity contribution in [1.82, 2.24) is 4.90 Å². The number of hydrogen-bond donors (Lipinski definition) is 0. The van der Waals surface area contributed by atoms with Crippen LogP contribution >= 0.6 is 0 Å². The third-order valence-corrected chi connectivity index (χ3v) is 9.72. The van der Waals surface area contributed by atoms with E-state index in [1.165, 1.54) is 193 Å². The molecule has 1 aliphatic rings. The number of ether oxygens (including phenoxy) is 2. The first kappa shape index (κ1) is 41.6. The fourth-order valence-corrected chi connectivity index (χ4v) is 6.74. The van der Waals surface area contributed by atoms with Gasteiger partial charge in [0.1, 0.15) is 0 Å². The Bertz CT molecular complexity index is 591. The quantitative estimate of drug-likeness (QED) is 0.0528. The van der Waals surface area contributed by atoms with Gasteiger partial charge in [0.2, 0.25) is 0 Å². The fourth-order valence-electron chi connectivity index (χ4n) is 6.74. The van der Waals surface area contributed by atoms with Crippen molar-refractivity contribution in [2.45, 2.75) is 231 Å². The van der Waals surface area contributed by atoms with Crippen LogP contribution < -0.4 is 0 Å². The predicted molar refractivity (Wildman–Crippen MR) is 196 cm³/mol. The fraction of sp³-hybridized carbons (Fsp3) is 0.951. The Kier molecular flexibility index (Phi) is 30.8. The molecule has 1 aliphatic heterocycles. The Morgan fingerprint density at radius 1 is 0.409 bits per heavy atom. The summed E-state index contributed by atoms with van der Waals surface area (Å²) in [5, 5.41) is 0. The van der Waals surface area contributed by atoms with Gasteiger partial charge in [-0.15, -0.1) is 0 Å². The second-order valence-corrected chi connectivity index (χ2v) is 14.5. The van der Waals surface area contributed by atoms with Gasteiger partial charge in [0.15, 0.2) is 6.29 Å². The molecule has 0 saturated carbocycles. The molecule has 1 saturated heterocycles. The number of nitrogens with zero attached hydrogens (tertiary/aromatic N) is 1. The van der Waals surface area contributed by atoms with Crippen molar-refractivity contribution >= 4 is 0 Å². The van der Waals surface area contributed by atoms with E-state index >= 15 is 0 Å². The van der Waals surface area contributed by atoms with Gasteiger partial charge in [0.25, 0.3) is 0 Å². The van der Waals surface area contributed by atoms with E-state index in [1.54, 1.807) is 0 Å². The molecule has 0 bridgehead atoms. The highest BCUT2D eigenvalue weighted by molar-refractivity contribution is 4.81. The van der Waals surface area contributed by atoms with Crippen molar-refractivity contribution in [2.24, 2.45) is 0 Å². The van der Waals surface area contributed by atoms with Gasteiger partial charge in [0, 0.05) is 13.0 Å². The largest absolute Gasteiger partial charge is 0.347 e. The standard InChI is InChI=1S/C41H81NO2/c1-5-7-9-11-13-15-17-19-21-23-25-27-29-31-33-35-39-40(44-41(43-39)37-38-42(3)4)36-34-32-30-28-26-24-22-20-18-16-14-12-10-8-6-2/h19,21,39-41H,5-18,20,22-38H2,1-4H3/b21-19-. The van der Waals surface area contributed by atoms with Crippen LogP contribution in [0.1, 0.15) is 213 Å². The minimum Gasteiger partial charge on any atom is -0.347 e. The lowest BCUT2D eigenvalue weighted by molar-refractivity contribution is -0.0743. The Hall–Kier alpha value is -0.380. The molecule has 0 aromatic rings. The molecule has 1 rings (SSSR count). The lowest BCUT2D eigenvalue weighted by Gasteiger charge is -2.16. The molecule has 0 aromatic carbocycles. The molecule has 0 aromatic heterocycles. The molecule has 0 spiro atoms. The van der Waals surface area contributed by atoms with Crippen molar-refractivity contribution in [3.8, 4) is 0 Å². The van der Waals surface area contributed by atoms with E-state index in [-0.39, 0.29) is 6.29 Å². The summed E-state index contributed by atoms with van der Waals surface area (Å²) in [5.74, 6) is 0. The van der Waals surface area contributed by atoms with Crippen molar-refractivity contribution in [3.63, 3.8) is 0 Å². The second-order valence-electron chi connectivity index (χ2n) is 14.5. The lowest BCUT2D eigenvalue weighted by Crippen LogP contribution is -2.22. The first-order chi connectivity index (χ1) is 21.7. The van der Waals surface area contributed by atoms with Crippen LogP contribution in [0.4, 0.5) is 0 Å². The molecular weight excluding hydrogens is 538 g/mol. The zero-order valence-corrected chi connectivity index (χ0v) is 30.8. The van der Waals surface area contributed by atoms with Crippen LogP contribution in [0.5, 0.6) is 0 Å². The predicted octanol–water partition coefficient (Wildman–Crippen LogP) is 13.3. The SMILES string of the molecule is CCCCCCCC/C=C\CCCCCCCC1OC(CCN(C)C)OC1CCCCCCCCCCCCCCCCC. The van der Waals surface area contributed by atoms with Gasteiger partial charge in [-0.25, -0.2) is 0 Å². The van der Waals surface area contributed by atoms with Crippen LogP contribution in [0.15, 0.2) is 12.2 Å². The maximum atomic E-state index is 6.46. The van der Waals surface area contributed by atoms with Crippen LogP contribution in [-0.2, 0) is 9.47 Å². The highest BCUT2D eigenvalue weighted by atomic mass is 16.7. The maximum Gasteiger partial charge on any atom is 0.159 e. The molecular formula is C41H81NO2. The molecule has 0 N–H and O–H groups in total. The van der Waals surface area contributed by atoms with E-state index < -0.39 is 0 Å². The van der Waals surface area contributed by atoms with E-state index in [1.807, 2.05) is 0 Å². The highest BCUT2D eigenvalue weighted by Crippen LogP contribution is 2.29. The third kappa shape index (κ3) is 26.8. The minimum absolute atomic E-state index is 0.00636. The highest BCUT2D eigenvalue weighted by Gasteiger charge is 2.34. The van der Waals surface area contributed by atoms with Crippen molar-refractivity contribution < 1.29 is 9.47 Å². The van der Waals surface area contributed by atoms with Crippen LogP contribution in [0.25, 0.3) is 0 Å². The average Bonchev–Trinajstić information content (AvgIpc) is 3.41. The second kappa shape index (κ2) is 32.6.